The smallest absolute Gasteiger partial charge is 0.129 e. The molecule has 1 unspecified atom stereocenters. The van der Waals surface area contributed by atoms with Crippen LogP contribution in [0.4, 0.5) is 0 Å². The maximum absolute atomic E-state index is 10.9. The normalized spacial score (nSPS) is 12.1. The van der Waals surface area contributed by atoms with Gasteiger partial charge in [-0.1, -0.05) is 30.3 Å². The van der Waals surface area contributed by atoms with Crippen LogP contribution in [0.1, 0.15) is 37.7 Å². The van der Waals surface area contributed by atoms with Gasteiger partial charge in [0.05, 0.1) is 0 Å². The molecule has 0 spiro atoms. The van der Waals surface area contributed by atoms with Crippen LogP contribution >= 0.6 is 0 Å². The number of carbonyl (C=O) groups excluding carboxylic acids is 2. The van der Waals surface area contributed by atoms with E-state index in [0.717, 1.165) is 18.3 Å². The molecule has 1 rings (SSSR count). The van der Waals surface area contributed by atoms with Gasteiger partial charge in [0.15, 0.2) is 0 Å². The molecule has 2 nitrogen and oxygen atoms in total. The molecule has 0 heterocycles. The van der Waals surface area contributed by atoms with Gasteiger partial charge >= 0.3 is 0 Å². The fourth-order valence-electron chi connectivity index (χ4n) is 1.64. The first kappa shape index (κ1) is 11.6. The van der Waals surface area contributed by atoms with Crippen molar-refractivity contribution in [3.63, 3.8) is 0 Å². The van der Waals surface area contributed by atoms with Crippen LogP contribution in [0.5, 0.6) is 0 Å². The minimum Gasteiger partial charge on any atom is -0.303 e. The molecule has 0 saturated heterocycles. The van der Waals surface area contributed by atoms with E-state index < -0.39 is 0 Å². The summed E-state index contributed by atoms with van der Waals surface area (Å²) in [6.07, 6.45) is 2.74. The highest BCUT2D eigenvalue weighted by molar-refractivity contribution is 5.75. The maximum Gasteiger partial charge on any atom is 0.129 e. The Morgan fingerprint density at radius 2 is 2.00 bits per heavy atom. The lowest BCUT2D eigenvalue weighted by Gasteiger charge is -2.13. The number of benzene rings is 1. The lowest BCUT2D eigenvalue weighted by molar-refractivity contribution is -0.117. The summed E-state index contributed by atoms with van der Waals surface area (Å²) in [7, 11) is 0. The van der Waals surface area contributed by atoms with E-state index >= 15 is 0 Å². The molecule has 0 aliphatic rings. The third-order valence-electron chi connectivity index (χ3n) is 2.50. The largest absolute Gasteiger partial charge is 0.303 e. The van der Waals surface area contributed by atoms with Gasteiger partial charge in [0.1, 0.15) is 12.1 Å². The molecule has 0 aromatic heterocycles. The van der Waals surface area contributed by atoms with Crippen LogP contribution in [-0.4, -0.2) is 12.1 Å². The Morgan fingerprint density at radius 3 is 2.53 bits per heavy atom. The van der Waals surface area contributed by atoms with E-state index in [-0.39, 0.29) is 11.7 Å². The van der Waals surface area contributed by atoms with Crippen molar-refractivity contribution < 1.29 is 9.59 Å². The van der Waals surface area contributed by atoms with Crippen LogP contribution in [0, 0.1) is 0 Å². The zero-order valence-electron chi connectivity index (χ0n) is 8.98. The van der Waals surface area contributed by atoms with Gasteiger partial charge in [0, 0.05) is 12.8 Å². The van der Waals surface area contributed by atoms with Crippen LogP contribution in [0.15, 0.2) is 30.3 Å². The Hall–Kier alpha value is -1.44. The predicted molar refractivity (Wildman–Crippen MR) is 59.8 cm³/mol. The first-order valence-electron chi connectivity index (χ1n) is 5.22. The Kier molecular flexibility index (Phi) is 4.75. The quantitative estimate of drug-likeness (QED) is 0.668. The summed E-state index contributed by atoms with van der Waals surface area (Å²) in [6, 6.07) is 9.89. The minimum atomic E-state index is 0.182. The SMILES string of the molecule is CC(=O)CCC(CC=O)c1ccccc1. The topological polar surface area (TPSA) is 34.1 Å². The Bertz CT molecular complexity index is 317. The van der Waals surface area contributed by atoms with E-state index in [1.54, 1.807) is 6.92 Å². The lowest BCUT2D eigenvalue weighted by atomic mass is 9.91. The van der Waals surface area contributed by atoms with E-state index in [1.165, 1.54) is 0 Å². The highest BCUT2D eigenvalue weighted by Crippen LogP contribution is 2.23. The molecular formula is C13H16O2. The first-order valence-corrected chi connectivity index (χ1v) is 5.22. The number of hydrogen-bond donors (Lipinski definition) is 0. The second-order valence-corrected chi connectivity index (χ2v) is 3.75. The van der Waals surface area contributed by atoms with Crippen molar-refractivity contribution in [2.45, 2.75) is 32.1 Å². The van der Waals surface area contributed by atoms with E-state index in [4.69, 9.17) is 0 Å². The summed E-state index contributed by atoms with van der Waals surface area (Å²) in [5, 5.41) is 0. The van der Waals surface area contributed by atoms with Gasteiger partial charge in [-0.3, -0.25) is 0 Å². The van der Waals surface area contributed by atoms with E-state index in [1.807, 2.05) is 30.3 Å². The fraction of sp³-hybridized carbons (Fsp3) is 0.385. The second-order valence-electron chi connectivity index (χ2n) is 3.75. The molecule has 0 N–H and O–H groups in total. The Balaban J connectivity index is 2.65. The highest BCUT2D eigenvalue weighted by Gasteiger charge is 2.11. The third kappa shape index (κ3) is 4.07. The number of hydrogen-bond acceptors (Lipinski definition) is 2. The lowest BCUT2D eigenvalue weighted by Crippen LogP contribution is -2.02. The molecule has 0 aliphatic carbocycles. The van der Waals surface area contributed by atoms with Gasteiger partial charge in [-0.15, -0.1) is 0 Å². The van der Waals surface area contributed by atoms with Crippen molar-refractivity contribution in [3.05, 3.63) is 35.9 Å². The zero-order valence-corrected chi connectivity index (χ0v) is 8.98. The van der Waals surface area contributed by atoms with Gasteiger partial charge in [0.25, 0.3) is 0 Å². The molecule has 1 aromatic rings. The molecular weight excluding hydrogens is 188 g/mol. The highest BCUT2D eigenvalue weighted by atomic mass is 16.1. The summed E-state index contributed by atoms with van der Waals surface area (Å²) in [4.78, 5) is 21.4. The first-order chi connectivity index (χ1) is 7.24. The van der Waals surface area contributed by atoms with Gasteiger partial charge in [0.2, 0.25) is 0 Å². The van der Waals surface area contributed by atoms with E-state index in [0.29, 0.717) is 12.8 Å². The van der Waals surface area contributed by atoms with Gasteiger partial charge in [-0.05, 0) is 24.8 Å². The number of rotatable bonds is 6. The van der Waals surface area contributed by atoms with Crippen molar-refractivity contribution in [3.8, 4) is 0 Å². The molecule has 2 heteroatoms. The summed E-state index contributed by atoms with van der Waals surface area (Å²) in [5.41, 5.74) is 1.14. The molecule has 0 bridgehead atoms. The van der Waals surface area contributed by atoms with E-state index in [2.05, 4.69) is 0 Å². The molecule has 0 radical (unpaired) electrons. The average Bonchev–Trinajstić information content (AvgIpc) is 2.25. The fourth-order valence-corrected chi connectivity index (χ4v) is 1.64. The summed E-state index contributed by atoms with van der Waals surface area (Å²) in [6.45, 7) is 1.59. The van der Waals surface area contributed by atoms with Crippen molar-refractivity contribution in [2.24, 2.45) is 0 Å². The van der Waals surface area contributed by atoms with Crippen molar-refractivity contribution in [1.82, 2.24) is 0 Å². The van der Waals surface area contributed by atoms with Crippen molar-refractivity contribution >= 4 is 12.1 Å². The number of Topliss-reactive ketones (excluding diaryl/α,β-unsaturated/α-hetero) is 1. The maximum atomic E-state index is 10.9. The van der Waals surface area contributed by atoms with Gasteiger partial charge in [-0.25, -0.2) is 0 Å². The summed E-state index contributed by atoms with van der Waals surface area (Å²) in [5.74, 6) is 0.370. The monoisotopic (exact) mass is 204 g/mol. The number of ketones is 1. The molecule has 0 amide bonds. The molecule has 0 saturated carbocycles. The van der Waals surface area contributed by atoms with Crippen molar-refractivity contribution in [2.75, 3.05) is 0 Å². The second kappa shape index (κ2) is 6.12. The molecule has 80 valence electrons. The predicted octanol–water partition coefficient (Wildman–Crippen LogP) is 2.73. The number of aldehydes is 1. The van der Waals surface area contributed by atoms with Crippen LogP contribution in [0.3, 0.4) is 0 Å². The Labute approximate surface area is 90.3 Å². The van der Waals surface area contributed by atoms with Crippen LogP contribution in [-0.2, 0) is 9.59 Å². The zero-order chi connectivity index (χ0) is 11.1. The standard InChI is InChI=1S/C13H16O2/c1-11(15)7-8-13(9-10-14)12-5-3-2-4-6-12/h2-6,10,13H,7-9H2,1H3. The van der Waals surface area contributed by atoms with Crippen LogP contribution < -0.4 is 0 Å². The average molecular weight is 204 g/mol. The minimum absolute atomic E-state index is 0.182. The molecule has 1 atom stereocenters. The van der Waals surface area contributed by atoms with Gasteiger partial charge < -0.3 is 9.59 Å². The summed E-state index contributed by atoms with van der Waals surface area (Å²) < 4.78 is 0. The van der Waals surface area contributed by atoms with Crippen molar-refractivity contribution in [1.29, 1.82) is 0 Å². The van der Waals surface area contributed by atoms with Gasteiger partial charge in [-0.2, -0.15) is 0 Å². The molecule has 0 fully saturated rings. The summed E-state index contributed by atoms with van der Waals surface area (Å²) >= 11 is 0. The molecule has 1 aromatic carbocycles. The molecule has 15 heavy (non-hydrogen) atoms. The Morgan fingerprint density at radius 1 is 1.33 bits per heavy atom. The van der Waals surface area contributed by atoms with Crippen LogP contribution in [0.2, 0.25) is 0 Å². The third-order valence-corrected chi connectivity index (χ3v) is 2.50. The van der Waals surface area contributed by atoms with Crippen LogP contribution in [0.25, 0.3) is 0 Å². The molecule has 0 aliphatic heterocycles. The van der Waals surface area contributed by atoms with E-state index in [9.17, 15) is 9.59 Å². The number of carbonyl (C=O) groups is 2.